The van der Waals surface area contributed by atoms with Gasteiger partial charge in [-0.15, -0.1) is 0 Å². The average Bonchev–Trinajstić information content (AvgIpc) is 2.33. The monoisotopic (exact) mass is 242 g/mol. The van der Waals surface area contributed by atoms with E-state index in [-0.39, 0.29) is 11.7 Å². The number of hydrogen-bond acceptors (Lipinski definition) is 4. The standard InChI is InChI=1S/C11H22N4O2/c1-15-8-9(5-6-11(15)16)13-7-3-2-4-10(12)14-17/h9,13,17H,2-8H2,1H3,(H2,12,14). The minimum absolute atomic E-state index is 0.231. The van der Waals surface area contributed by atoms with Crippen molar-refractivity contribution in [1.29, 1.82) is 0 Å². The van der Waals surface area contributed by atoms with Gasteiger partial charge in [-0.25, -0.2) is 0 Å². The van der Waals surface area contributed by atoms with Crippen LogP contribution in [-0.4, -0.2) is 48.0 Å². The third-order valence-electron chi connectivity index (χ3n) is 3.05. The highest BCUT2D eigenvalue weighted by molar-refractivity contribution is 5.79. The van der Waals surface area contributed by atoms with Gasteiger partial charge in [-0.1, -0.05) is 5.16 Å². The molecule has 98 valence electrons. The first-order valence-corrected chi connectivity index (χ1v) is 6.07. The van der Waals surface area contributed by atoms with Crippen LogP contribution in [-0.2, 0) is 4.79 Å². The fourth-order valence-corrected chi connectivity index (χ4v) is 1.97. The second-order valence-electron chi connectivity index (χ2n) is 4.51. The fourth-order valence-electron chi connectivity index (χ4n) is 1.97. The van der Waals surface area contributed by atoms with E-state index < -0.39 is 0 Å². The molecule has 1 amide bonds. The van der Waals surface area contributed by atoms with E-state index in [1.807, 2.05) is 7.05 Å². The Morgan fingerprint density at radius 2 is 2.41 bits per heavy atom. The Balaban J connectivity index is 2.05. The van der Waals surface area contributed by atoms with E-state index in [0.717, 1.165) is 32.4 Å². The van der Waals surface area contributed by atoms with Gasteiger partial charge in [-0.2, -0.15) is 0 Å². The van der Waals surface area contributed by atoms with Gasteiger partial charge in [-0.3, -0.25) is 4.79 Å². The highest BCUT2D eigenvalue weighted by Gasteiger charge is 2.21. The average molecular weight is 242 g/mol. The van der Waals surface area contributed by atoms with Crippen molar-refractivity contribution >= 4 is 11.7 Å². The summed E-state index contributed by atoms with van der Waals surface area (Å²) in [6.07, 6.45) is 4.08. The molecule has 0 spiro atoms. The van der Waals surface area contributed by atoms with Gasteiger partial charge in [0.05, 0.1) is 0 Å². The lowest BCUT2D eigenvalue weighted by atomic mass is 10.1. The number of nitrogens with two attached hydrogens (primary N) is 1. The van der Waals surface area contributed by atoms with E-state index in [1.165, 1.54) is 0 Å². The summed E-state index contributed by atoms with van der Waals surface area (Å²) < 4.78 is 0. The molecule has 0 aromatic carbocycles. The molecule has 1 rings (SSSR count). The molecule has 4 N–H and O–H groups in total. The predicted molar refractivity (Wildman–Crippen MR) is 65.9 cm³/mol. The number of piperidine rings is 1. The van der Waals surface area contributed by atoms with E-state index in [4.69, 9.17) is 10.9 Å². The summed E-state index contributed by atoms with van der Waals surface area (Å²) in [5, 5.41) is 14.7. The van der Waals surface area contributed by atoms with Crippen LogP contribution < -0.4 is 11.1 Å². The maximum Gasteiger partial charge on any atom is 0.222 e. The van der Waals surface area contributed by atoms with Gasteiger partial charge in [0.25, 0.3) is 0 Å². The Bertz CT molecular complexity index is 281. The number of nitrogens with zero attached hydrogens (tertiary/aromatic N) is 2. The van der Waals surface area contributed by atoms with E-state index in [2.05, 4.69) is 10.5 Å². The van der Waals surface area contributed by atoms with Crippen LogP contribution in [0.15, 0.2) is 5.16 Å². The third-order valence-corrected chi connectivity index (χ3v) is 3.05. The molecule has 1 fully saturated rings. The molecule has 6 heteroatoms. The lowest BCUT2D eigenvalue weighted by Crippen LogP contribution is -2.46. The molecule has 1 aliphatic rings. The fraction of sp³-hybridized carbons (Fsp3) is 0.818. The number of carbonyl (C=O) groups excluding carboxylic acids is 1. The van der Waals surface area contributed by atoms with Crippen LogP contribution in [0.2, 0.25) is 0 Å². The molecule has 0 aromatic heterocycles. The Kier molecular flexibility index (Phi) is 5.76. The molecule has 0 aliphatic carbocycles. The Morgan fingerprint density at radius 1 is 1.65 bits per heavy atom. The summed E-state index contributed by atoms with van der Waals surface area (Å²) in [7, 11) is 1.84. The number of nitrogens with one attached hydrogen (secondary N) is 1. The third kappa shape index (κ3) is 5.04. The molecule has 0 radical (unpaired) electrons. The van der Waals surface area contributed by atoms with Crippen LogP contribution >= 0.6 is 0 Å². The zero-order valence-corrected chi connectivity index (χ0v) is 10.4. The van der Waals surface area contributed by atoms with Crippen LogP contribution in [0, 0.1) is 0 Å². The SMILES string of the molecule is CN1CC(NCCCCC(N)=NO)CCC1=O. The molecular formula is C11H22N4O2. The van der Waals surface area contributed by atoms with Gasteiger partial charge < -0.3 is 21.2 Å². The largest absolute Gasteiger partial charge is 0.409 e. The molecule has 1 heterocycles. The maximum absolute atomic E-state index is 11.3. The number of carbonyl (C=O) groups is 1. The summed E-state index contributed by atoms with van der Waals surface area (Å²) in [5.74, 6) is 0.517. The van der Waals surface area contributed by atoms with E-state index in [0.29, 0.717) is 18.9 Å². The zero-order chi connectivity index (χ0) is 12.7. The first-order valence-electron chi connectivity index (χ1n) is 6.07. The Morgan fingerprint density at radius 3 is 3.06 bits per heavy atom. The van der Waals surface area contributed by atoms with Crippen molar-refractivity contribution < 1.29 is 10.0 Å². The second-order valence-corrected chi connectivity index (χ2v) is 4.51. The highest BCUT2D eigenvalue weighted by Crippen LogP contribution is 2.09. The summed E-state index contributed by atoms with van der Waals surface area (Å²) in [6, 6.07) is 0.404. The smallest absolute Gasteiger partial charge is 0.222 e. The highest BCUT2D eigenvalue weighted by atomic mass is 16.4. The number of likely N-dealkylation sites (tertiary alicyclic amines) is 1. The summed E-state index contributed by atoms with van der Waals surface area (Å²) in [5.41, 5.74) is 5.37. The van der Waals surface area contributed by atoms with E-state index in [1.54, 1.807) is 4.90 Å². The number of likely N-dealkylation sites (N-methyl/N-ethyl adjacent to an activating group) is 1. The minimum Gasteiger partial charge on any atom is -0.409 e. The van der Waals surface area contributed by atoms with Gasteiger partial charge in [0, 0.05) is 32.5 Å². The summed E-state index contributed by atoms with van der Waals surface area (Å²) in [6.45, 7) is 1.70. The number of amidine groups is 1. The summed E-state index contributed by atoms with van der Waals surface area (Å²) in [4.78, 5) is 13.0. The van der Waals surface area contributed by atoms with Crippen molar-refractivity contribution in [1.82, 2.24) is 10.2 Å². The first kappa shape index (κ1) is 13.8. The van der Waals surface area contributed by atoms with Gasteiger partial charge in [0.15, 0.2) is 0 Å². The van der Waals surface area contributed by atoms with Crippen LogP contribution in [0.1, 0.15) is 32.1 Å². The number of unbranched alkanes of at least 4 members (excludes halogenated alkanes) is 1. The van der Waals surface area contributed by atoms with Crippen molar-refractivity contribution in [2.45, 2.75) is 38.1 Å². The minimum atomic E-state index is 0.231. The Labute approximate surface area is 102 Å². The number of hydrogen-bond donors (Lipinski definition) is 3. The number of oxime groups is 1. The lowest BCUT2D eigenvalue weighted by molar-refractivity contribution is -0.132. The van der Waals surface area contributed by atoms with Crippen LogP contribution in [0.5, 0.6) is 0 Å². The van der Waals surface area contributed by atoms with Crippen molar-refractivity contribution in [3.8, 4) is 0 Å². The molecule has 17 heavy (non-hydrogen) atoms. The number of rotatable bonds is 6. The van der Waals surface area contributed by atoms with Crippen LogP contribution in [0.4, 0.5) is 0 Å². The Hall–Kier alpha value is -1.30. The van der Waals surface area contributed by atoms with Crippen LogP contribution in [0.25, 0.3) is 0 Å². The predicted octanol–water partition coefficient (Wildman–Crippen LogP) is 0.114. The van der Waals surface area contributed by atoms with Crippen molar-refractivity contribution in [3.05, 3.63) is 0 Å². The molecule has 0 aromatic rings. The summed E-state index contributed by atoms with van der Waals surface area (Å²) >= 11 is 0. The van der Waals surface area contributed by atoms with Gasteiger partial charge in [-0.05, 0) is 25.8 Å². The molecule has 1 saturated heterocycles. The lowest BCUT2D eigenvalue weighted by Gasteiger charge is -2.30. The van der Waals surface area contributed by atoms with Crippen LogP contribution in [0.3, 0.4) is 0 Å². The second kappa shape index (κ2) is 7.11. The maximum atomic E-state index is 11.3. The quantitative estimate of drug-likeness (QED) is 0.203. The van der Waals surface area contributed by atoms with E-state index in [9.17, 15) is 4.79 Å². The first-order chi connectivity index (χ1) is 8.13. The van der Waals surface area contributed by atoms with Gasteiger partial charge >= 0.3 is 0 Å². The topological polar surface area (TPSA) is 90.9 Å². The van der Waals surface area contributed by atoms with Gasteiger partial charge in [0.1, 0.15) is 5.84 Å². The normalized spacial score (nSPS) is 21.9. The molecule has 0 saturated carbocycles. The molecule has 0 bridgehead atoms. The van der Waals surface area contributed by atoms with E-state index >= 15 is 0 Å². The molecule has 1 unspecified atom stereocenters. The van der Waals surface area contributed by atoms with Gasteiger partial charge in [0.2, 0.25) is 5.91 Å². The molecule has 1 atom stereocenters. The molecular weight excluding hydrogens is 220 g/mol. The van der Waals surface area contributed by atoms with Crippen molar-refractivity contribution in [2.75, 3.05) is 20.1 Å². The molecule has 1 aliphatic heterocycles. The molecule has 6 nitrogen and oxygen atoms in total. The van der Waals surface area contributed by atoms with Crippen molar-refractivity contribution in [3.63, 3.8) is 0 Å². The number of amides is 1. The zero-order valence-electron chi connectivity index (χ0n) is 10.4. The van der Waals surface area contributed by atoms with Crippen molar-refractivity contribution in [2.24, 2.45) is 10.9 Å².